The average molecular weight is 586 g/mol. The van der Waals surface area contributed by atoms with Gasteiger partial charge in [0.25, 0.3) is 0 Å². The lowest BCUT2D eigenvalue weighted by Crippen LogP contribution is -2.03. The Hall–Kier alpha value is -1.30. The molecule has 0 aromatic heterocycles. The minimum atomic E-state index is 0.538. The molecule has 0 saturated carbocycles. The highest BCUT2D eigenvalue weighted by atomic mass is 127. The second-order valence-corrected chi connectivity index (χ2v) is 7.17. The maximum atomic E-state index is 5.58. The monoisotopic (exact) mass is 586 g/mol. The Morgan fingerprint density at radius 1 is 0.538 bits per heavy atom. The Balaban J connectivity index is 2.88. The van der Waals surface area contributed by atoms with Gasteiger partial charge in [0.2, 0.25) is 11.5 Å². The molecule has 0 saturated heterocycles. The summed E-state index contributed by atoms with van der Waals surface area (Å²) in [6.07, 6.45) is 0. The summed E-state index contributed by atoms with van der Waals surface area (Å²) in [7, 11) is 9.55. The summed E-state index contributed by atoms with van der Waals surface area (Å²) in [5, 5.41) is 0. The zero-order chi connectivity index (χ0) is 19.4. The van der Waals surface area contributed by atoms with Gasteiger partial charge in [-0.15, -0.1) is 0 Å². The van der Waals surface area contributed by atoms with Gasteiger partial charge in [0.05, 0.1) is 49.8 Å². The van der Waals surface area contributed by atoms with Crippen molar-refractivity contribution in [2.45, 2.75) is 0 Å². The first kappa shape index (κ1) is 21.0. The molecule has 6 nitrogen and oxygen atoms in total. The van der Waals surface area contributed by atoms with Gasteiger partial charge in [-0.3, -0.25) is 0 Å². The Morgan fingerprint density at radius 2 is 0.923 bits per heavy atom. The molecular formula is C18H20I2O6. The molecule has 0 aliphatic heterocycles. The zero-order valence-corrected chi connectivity index (χ0v) is 19.7. The molecular weight excluding hydrogens is 566 g/mol. The topological polar surface area (TPSA) is 55.4 Å². The molecule has 26 heavy (non-hydrogen) atoms. The Morgan fingerprint density at radius 3 is 1.23 bits per heavy atom. The van der Waals surface area contributed by atoms with E-state index in [1.165, 1.54) is 0 Å². The van der Waals surface area contributed by atoms with Gasteiger partial charge < -0.3 is 28.4 Å². The van der Waals surface area contributed by atoms with Crippen molar-refractivity contribution in [2.24, 2.45) is 0 Å². The van der Waals surface area contributed by atoms with E-state index in [0.29, 0.717) is 34.5 Å². The van der Waals surface area contributed by atoms with Crippen LogP contribution >= 0.6 is 45.2 Å². The van der Waals surface area contributed by atoms with Crippen molar-refractivity contribution in [3.05, 3.63) is 19.3 Å². The fraction of sp³-hybridized carbons (Fsp3) is 0.333. The molecule has 0 N–H and O–H groups in total. The van der Waals surface area contributed by atoms with E-state index in [4.69, 9.17) is 28.4 Å². The van der Waals surface area contributed by atoms with Gasteiger partial charge in [0.1, 0.15) is 0 Å². The summed E-state index contributed by atoms with van der Waals surface area (Å²) >= 11 is 4.48. The minimum Gasteiger partial charge on any atom is -0.493 e. The predicted octanol–water partition coefficient (Wildman–Crippen LogP) is 4.61. The minimum absolute atomic E-state index is 0.538. The maximum Gasteiger partial charge on any atom is 0.205 e. The van der Waals surface area contributed by atoms with E-state index in [0.717, 1.165) is 18.3 Å². The molecule has 0 bridgehead atoms. The highest BCUT2D eigenvalue weighted by molar-refractivity contribution is 14.1. The first-order valence-electron chi connectivity index (χ1n) is 7.46. The van der Waals surface area contributed by atoms with Crippen molar-refractivity contribution >= 4 is 45.2 Å². The van der Waals surface area contributed by atoms with Crippen LogP contribution in [-0.2, 0) is 0 Å². The second kappa shape index (κ2) is 9.07. The fourth-order valence-electron chi connectivity index (χ4n) is 2.65. The van der Waals surface area contributed by atoms with Crippen molar-refractivity contribution in [3.8, 4) is 45.6 Å². The third-order valence-corrected chi connectivity index (χ3v) is 5.87. The molecule has 0 radical (unpaired) electrons. The van der Waals surface area contributed by atoms with Crippen LogP contribution < -0.4 is 28.4 Å². The van der Waals surface area contributed by atoms with Gasteiger partial charge in [0, 0.05) is 5.56 Å². The molecule has 0 unspecified atom stereocenters. The Kier molecular flexibility index (Phi) is 7.33. The summed E-state index contributed by atoms with van der Waals surface area (Å²) in [5.41, 5.74) is 1.81. The van der Waals surface area contributed by atoms with Crippen LogP contribution in [0, 0.1) is 7.14 Å². The third kappa shape index (κ3) is 3.57. The first-order valence-corrected chi connectivity index (χ1v) is 9.61. The normalized spacial score (nSPS) is 10.3. The zero-order valence-electron chi connectivity index (χ0n) is 15.4. The summed E-state index contributed by atoms with van der Waals surface area (Å²) in [6, 6.07) is 3.79. The molecule has 8 heteroatoms. The van der Waals surface area contributed by atoms with Crippen molar-refractivity contribution in [3.63, 3.8) is 0 Å². The number of benzene rings is 2. The molecule has 0 heterocycles. The largest absolute Gasteiger partial charge is 0.493 e. The summed E-state index contributed by atoms with van der Waals surface area (Å²) in [6.45, 7) is 0. The number of ether oxygens (including phenoxy) is 6. The lowest BCUT2D eigenvalue weighted by molar-refractivity contribution is 0.321. The average Bonchev–Trinajstić information content (AvgIpc) is 2.66. The van der Waals surface area contributed by atoms with Gasteiger partial charge in [-0.25, -0.2) is 0 Å². The summed E-state index contributed by atoms with van der Waals surface area (Å²) in [4.78, 5) is 0. The van der Waals surface area contributed by atoms with E-state index < -0.39 is 0 Å². The van der Waals surface area contributed by atoms with Crippen LogP contribution in [0.2, 0.25) is 0 Å². The standard InChI is InChI=1S/C18H20I2O6/c1-21-10-7-9(8-11(22-2)15(10)23-3)12-13(19)16(24-4)18(26-6)17(25-5)14(12)20/h7-8H,1-6H3. The quantitative estimate of drug-likeness (QED) is 0.442. The number of hydrogen-bond acceptors (Lipinski definition) is 6. The van der Waals surface area contributed by atoms with E-state index in [1.54, 1.807) is 42.7 Å². The second-order valence-electron chi connectivity index (χ2n) is 5.02. The number of halogens is 2. The lowest BCUT2D eigenvalue weighted by Gasteiger charge is -2.20. The molecule has 0 aliphatic carbocycles. The molecule has 2 rings (SSSR count). The molecule has 0 spiro atoms. The highest BCUT2D eigenvalue weighted by Crippen LogP contribution is 2.51. The van der Waals surface area contributed by atoms with Gasteiger partial charge in [-0.1, -0.05) is 0 Å². The SMILES string of the molecule is COc1cc(-c2c(I)c(OC)c(OC)c(OC)c2I)cc(OC)c1OC. The van der Waals surface area contributed by atoms with Gasteiger partial charge in [0.15, 0.2) is 23.0 Å². The summed E-state index contributed by atoms with van der Waals surface area (Å²) < 4.78 is 34.8. The van der Waals surface area contributed by atoms with Crippen LogP contribution in [0.3, 0.4) is 0 Å². The maximum absolute atomic E-state index is 5.58. The first-order chi connectivity index (χ1) is 12.5. The van der Waals surface area contributed by atoms with Crippen molar-refractivity contribution in [1.82, 2.24) is 0 Å². The smallest absolute Gasteiger partial charge is 0.205 e. The van der Waals surface area contributed by atoms with E-state index in [9.17, 15) is 0 Å². The molecule has 0 atom stereocenters. The van der Waals surface area contributed by atoms with E-state index in [2.05, 4.69) is 45.2 Å². The third-order valence-electron chi connectivity index (χ3n) is 3.82. The van der Waals surface area contributed by atoms with Crippen molar-refractivity contribution in [2.75, 3.05) is 42.7 Å². The van der Waals surface area contributed by atoms with Gasteiger partial charge >= 0.3 is 0 Å². The molecule has 0 amide bonds. The van der Waals surface area contributed by atoms with Crippen molar-refractivity contribution in [1.29, 1.82) is 0 Å². The molecule has 142 valence electrons. The van der Waals surface area contributed by atoms with Crippen LogP contribution in [0.25, 0.3) is 11.1 Å². The Bertz CT molecular complexity index is 751. The van der Waals surface area contributed by atoms with Crippen LogP contribution in [0.5, 0.6) is 34.5 Å². The number of rotatable bonds is 7. The molecule has 2 aromatic carbocycles. The van der Waals surface area contributed by atoms with Gasteiger partial charge in [-0.05, 0) is 62.9 Å². The molecule has 0 aliphatic rings. The molecule has 2 aromatic rings. The fourth-order valence-corrected chi connectivity index (χ4v) is 5.26. The highest BCUT2D eigenvalue weighted by Gasteiger charge is 2.26. The van der Waals surface area contributed by atoms with Crippen LogP contribution in [0.1, 0.15) is 0 Å². The lowest BCUT2D eigenvalue weighted by atomic mass is 10.0. The Labute approximate surface area is 180 Å². The summed E-state index contributed by atoms with van der Waals surface area (Å²) in [5.74, 6) is 3.45. The van der Waals surface area contributed by atoms with Crippen LogP contribution in [-0.4, -0.2) is 42.7 Å². The molecule has 0 fully saturated rings. The number of methoxy groups -OCH3 is 6. The van der Waals surface area contributed by atoms with Gasteiger partial charge in [-0.2, -0.15) is 0 Å². The number of hydrogen-bond donors (Lipinski definition) is 0. The van der Waals surface area contributed by atoms with Crippen LogP contribution in [0.15, 0.2) is 12.1 Å². The van der Waals surface area contributed by atoms with Crippen LogP contribution in [0.4, 0.5) is 0 Å². The predicted molar refractivity (Wildman–Crippen MR) is 117 cm³/mol. The van der Waals surface area contributed by atoms with E-state index >= 15 is 0 Å². The van der Waals surface area contributed by atoms with Crippen molar-refractivity contribution < 1.29 is 28.4 Å². The van der Waals surface area contributed by atoms with E-state index in [-0.39, 0.29) is 0 Å². The van der Waals surface area contributed by atoms with E-state index in [1.807, 2.05) is 12.1 Å².